The molecule has 0 aliphatic heterocycles. The first-order valence-corrected chi connectivity index (χ1v) is 12.2. The van der Waals surface area contributed by atoms with Gasteiger partial charge in [0.15, 0.2) is 5.96 Å². The van der Waals surface area contributed by atoms with Crippen molar-refractivity contribution in [3.63, 3.8) is 0 Å². The number of aliphatic carboxylic acids is 2. The van der Waals surface area contributed by atoms with Gasteiger partial charge >= 0.3 is 11.9 Å². The zero-order valence-electron chi connectivity index (χ0n) is 21.6. The van der Waals surface area contributed by atoms with Crippen molar-refractivity contribution in [3.05, 3.63) is 35.9 Å². The number of guanidine groups is 1. The molecule has 5 atom stereocenters. The summed E-state index contributed by atoms with van der Waals surface area (Å²) in [7, 11) is 0. The summed E-state index contributed by atoms with van der Waals surface area (Å²) in [6.45, 7) is 1.32. The van der Waals surface area contributed by atoms with Gasteiger partial charge in [-0.3, -0.25) is 24.2 Å². The Kier molecular flexibility index (Phi) is 13.9. The molecule has 0 saturated carbocycles. The van der Waals surface area contributed by atoms with Crippen molar-refractivity contribution >= 4 is 35.6 Å². The minimum Gasteiger partial charge on any atom is -0.481 e. The second-order valence-electron chi connectivity index (χ2n) is 8.86. The maximum absolute atomic E-state index is 13.0. The van der Waals surface area contributed by atoms with Crippen LogP contribution in [-0.2, 0) is 30.4 Å². The van der Waals surface area contributed by atoms with E-state index < -0.39 is 66.4 Å². The number of aliphatic imine (C=N–C) groups is 1. The van der Waals surface area contributed by atoms with Crippen LogP contribution in [0.15, 0.2) is 35.3 Å². The molecule has 0 aromatic heterocycles. The third kappa shape index (κ3) is 12.7. The van der Waals surface area contributed by atoms with Crippen LogP contribution in [0.3, 0.4) is 0 Å². The van der Waals surface area contributed by atoms with Crippen LogP contribution in [0.25, 0.3) is 0 Å². The molecule has 1 aromatic rings. The minimum atomic E-state index is -1.61. The van der Waals surface area contributed by atoms with Gasteiger partial charge in [-0.1, -0.05) is 30.3 Å². The smallest absolute Gasteiger partial charge is 0.326 e. The Labute approximate surface area is 225 Å². The van der Waals surface area contributed by atoms with Gasteiger partial charge in [0.25, 0.3) is 0 Å². The first-order valence-electron chi connectivity index (χ1n) is 12.2. The minimum absolute atomic E-state index is 0.0467. The number of carboxylic acids is 2. The summed E-state index contributed by atoms with van der Waals surface area (Å²) in [6, 6.07) is 3.41. The predicted molar refractivity (Wildman–Crippen MR) is 140 cm³/mol. The van der Waals surface area contributed by atoms with Crippen molar-refractivity contribution in [1.29, 1.82) is 0 Å². The largest absolute Gasteiger partial charge is 0.481 e. The molecule has 39 heavy (non-hydrogen) atoms. The number of aliphatic hydroxyl groups is 1. The van der Waals surface area contributed by atoms with Crippen molar-refractivity contribution in [2.45, 2.75) is 69.3 Å². The van der Waals surface area contributed by atoms with Crippen LogP contribution in [0.2, 0.25) is 0 Å². The SMILES string of the molecule is C[C@@H](O)[C@H](NC(=O)[C@H](CCC(=O)O)NC(=O)[C@@H](N)Cc1ccccc1)C(=O)N[C@@H](CCCN=C(N)N)C(=O)O. The monoisotopic (exact) mass is 551 g/mol. The third-order valence-electron chi connectivity index (χ3n) is 5.54. The molecule has 15 heteroatoms. The van der Waals surface area contributed by atoms with Crippen LogP contribution in [-0.4, -0.2) is 87.8 Å². The highest BCUT2D eigenvalue weighted by Crippen LogP contribution is 2.06. The number of nitrogens with zero attached hydrogens (tertiary/aromatic N) is 1. The number of hydrogen-bond donors (Lipinski definition) is 9. The summed E-state index contributed by atoms with van der Waals surface area (Å²) in [6.07, 6.45) is -1.97. The fourth-order valence-corrected chi connectivity index (χ4v) is 3.46. The molecule has 0 spiro atoms. The van der Waals surface area contributed by atoms with Gasteiger partial charge < -0.3 is 48.5 Å². The molecule has 216 valence electrons. The molecular weight excluding hydrogens is 514 g/mol. The van der Waals surface area contributed by atoms with Gasteiger partial charge in [0.2, 0.25) is 17.7 Å². The zero-order valence-corrected chi connectivity index (χ0v) is 21.6. The number of aliphatic hydroxyl groups excluding tert-OH is 1. The van der Waals surface area contributed by atoms with E-state index in [1.165, 1.54) is 6.92 Å². The van der Waals surface area contributed by atoms with E-state index >= 15 is 0 Å². The Hall–Kier alpha value is -4.24. The second kappa shape index (κ2) is 16.6. The van der Waals surface area contributed by atoms with E-state index in [1.807, 2.05) is 0 Å². The van der Waals surface area contributed by atoms with E-state index in [0.717, 1.165) is 5.56 Å². The number of hydrogen-bond acceptors (Lipinski definition) is 8. The number of carboxylic acid groups (broad SMARTS) is 2. The van der Waals surface area contributed by atoms with Crippen molar-refractivity contribution < 1.29 is 39.3 Å². The molecule has 0 bridgehead atoms. The van der Waals surface area contributed by atoms with Crippen molar-refractivity contribution in [1.82, 2.24) is 16.0 Å². The summed E-state index contributed by atoms with van der Waals surface area (Å²) in [5.74, 6) is -5.45. The Bertz CT molecular complexity index is 1010. The van der Waals surface area contributed by atoms with E-state index in [0.29, 0.717) is 0 Å². The summed E-state index contributed by atoms with van der Waals surface area (Å²) in [5.41, 5.74) is 17.2. The van der Waals surface area contributed by atoms with Crippen LogP contribution in [0.5, 0.6) is 0 Å². The van der Waals surface area contributed by atoms with Crippen LogP contribution in [0.4, 0.5) is 0 Å². The number of nitrogens with one attached hydrogen (secondary N) is 3. The van der Waals surface area contributed by atoms with E-state index in [9.17, 15) is 34.2 Å². The molecule has 15 nitrogen and oxygen atoms in total. The zero-order chi connectivity index (χ0) is 29.5. The van der Waals surface area contributed by atoms with E-state index in [2.05, 4.69) is 20.9 Å². The molecule has 0 aliphatic rings. The molecule has 0 unspecified atom stereocenters. The average molecular weight is 552 g/mol. The second-order valence-corrected chi connectivity index (χ2v) is 8.86. The molecule has 0 saturated heterocycles. The highest BCUT2D eigenvalue weighted by Gasteiger charge is 2.32. The Morgan fingerprint density at radius 3 is 2.05 bits per heavy atom. The molecular formula is C24H37N7O8. The molecule has 0 fully saturated rings. The number of carbonyl (C=O) groups is 5. The highest BCUT2D eigenvalue weighted by atomic mass is 16.4. The van der Waals surface area contributed by atoms with E-state index in [-0.39, 0.29) is 38.2 Å². The van der Waals surface area contributed by atoms with Crippen molar-refractivity contribution in [2.75, 3.05) is 6.54 Å². The molecule has 3 amide bonds. The summed E-state index contributed by atoms with van der Waals surface area (Å²) in [5, 5.41) is 35.5. The van der Waals surface area contributed by atoms with Gasteiger partial charge in [0, 0.05) is 13.0 Å². The van der Waals surface area contributed by atoms with E-state index in [1.54, 1.807) is 30.3 Å². The van der Waals surface area contributed by atoms with Gasteiger partial charge in [-0.25, -0.2) is 4.79 Å². The molecule has 1 aromatic carbocycles. The van der Waals surface area contributed by atoms with Crippen molar-refractivity contribution in [3.8, 4) is 0 Å². The fraction of sp³-hybridized carbons (Fsp3) is 0.500. The number of carbonyl (C=O) groups excluding carboxylic acids is 3. The lowest BCUT2D eigenvalue weighted by molar-refractivity contribution is -0.143. The fourth-order valence-electron chi connectivity index (χ4n) is 3.46. The predicted octanol–water partition coefficient (Wildman–Crippen LogP) is -2.61. The maximum Gasteiger partial charge on any atom is 0.326 e. The topological polar surface area (TPSA) is 273 Å². The standard InChI is InChI=1S/C24H37N7O8/c1-13(32)19(22(37)30-17(23(38)39)8-5-11-28-24(26)27)31-21(36)16(9-10-18(33)34)29-20(35)15(25)12-14-6-3-2-4-7-14/h2-4,6-7,13,15-17,19,32H,5,8-12,25H2,1H3,(H,29,35)(H,30,37)(H,31,36)(H,33,34)(H,38,39)(H4,26,27,28)/t13-,15+,16+,17+,19+/m1/s1. The third-order valence-corrected chi connectivity index (χ3v) is 5.54. The first-order chi connectivity index (χ1) is 18.3. The lowest BCUT2D eigenvalue weighted by Gasteiger charge is -2.26. The van der Waals surface area contributed by atoms with Crippen LogP contribution in [0.1, 0.15) is 38.2 Å². The molecule has 0 radical (unpaired) electrons. The normalized spacial score (nSPS) is 14.5. The number of benzene rings is 1. The Morgan fingerprint density at radius 1 is 0.897 bits per heavy atom. The Balaban J connectivity index is 2.92. The molecule has 0 heterocycles. The van der Waals surface area contributed by atoms with Gasteiger partial charge in [-0.15, -0.1) is 0 Å². The molecule has 0 aliphatic carbocycles. The highest BCUT2D eigenvalue weighted by molar-refractivity contribution is 5.94. The van der Waals surface area contributed by atoms with Crippen LogP contribution in [0, 0.1) is 0 Å². The first kappa shape index (κ1) is 32.8. The molecule has 1 rings (SSSR count). The van der Waals surface area contributed by atoms with Crippen LogP contribution < -0.4 is 33.2 Å². The summed E-state index contributed by atoms with van der Waals surface area (Å²) < 4.78 is 0. The average Bonchev–Trinajstić information content (AvgIpc) is 2.86. The maximum atomic E-state index is 13.0. The van der Waals surface area contributed by atoms with Crippen LogP contribution >= 0.6 is 0 Å². The summed E-state index contributed by atoms with van der Waals surface area (Å²) >= 11 is 0. The quantitative estimate of drug-likeness (QED) is 0.0549. The number of nitrogens with two attached hydrogens (primary N) is 3. The molecule has 12 N–H and O–H groups in total. The van der Waals surface area contributed by atoms with Gasteiger partial charge in [-0.05, 0) is 38.2 Å². The summed E-state index contributed by atoms with van der Waals surface area (Å²) in [4.78, 5) is 64.8. The Morgan fingerprint density at radius 2 is 1.51 bits per heavy atom. The van der Waals surface area contributed by atoms with Gasteiger partial charge in [0.05, 0.1) is 12.1 Å². The van der Waals surface area contributed by atoms with Gasteiger partial charge in [0.1, 0.15) is 18.1 Å². The van der Waals surface area contributed by atoms with Gasteiger partial charge in [-0.2, -0.15) is 0 Å². The van der Waals surface area contributed by atoms with E-state index in [4.69, 9.17) is 22.3 Å². The number of amides is 3. The number of rotatable bonds is 17. The lowest BCUT2D eigenvalue weighted by atomic mass is 10.0. The van der Waals surface area contributed by atoms with Crippen molar-refractivity contribution in [2.24, 2.45) is 22.2 Å². The lowest BCUT2D eigenvalue weighted by Crippen LogP contribution is -2.60.